The van der Waals surface area contributed by atoms with Crippen LogP contribution >= 0.6 is 0 Å². The molecule has 1 unspecified atom stereocenters. The van der Waals surface area contributed by atoms with Crippen LogP contribution in [0.15, 0.2) is 79.4 Å². The van der Waals surface area contributed by atoms with Crippen molar-refractivity contribution in [2.45, 2.75) is 12.8 Å². The minimum atomic E-state index is -1.32. The van der Waals surface area contributed by atoms with Crippen LogP contribution in [0, 0.1) is 16.7 Å². The molecular formula is C23H20N2O. The minimum absolute atomic E-state index is 0.196. The summed E-state index contributed by atoms with van der Waals surface area (Å²) in [7, 11) is 0. The van der Waals surface area contributed by atoms with Crippen LogP contribution in [0.25, 0.3) is 16.3 Å². The molecule has 0 bridgehead atoms. The Balaban J connectivity index is 1.97. The van der Waals surface area contributed by atoms with Gasteiger partial charge in [0.25, 0.3) is 0 Å². The van der Waals surface area contributed by atoms with Crippen LogP contribution in [-0.2, 0) is 11.2 Å². The maximum atomic E-state index is 12.2. The van der Waals surface area contributed by atoms with Gasteiger partial charge >= 0.3 is 0 Å². The maximum absolute atomic E-state index is 12.2. The number of amides is 1. The molecule has 0 aliphatic heterocycles. The Hall–Kier alpha value is -3.38. The first-order chi connectivity index (χ1) is 12.6. The van der Waals surface area contributed by atoms with Crippen LogP contribution in [0.1, 0.15) is 17.5 Å². The van der Waals surface area contributed by atoms with Gasteiger partial charge in [-0.05, 0) is 27.5 Å². The third-order valence-corrected chi connectivity index (χ3v) is 4.72. The molecule has 26 heavy (non-hydrogen) atoms. The monoisotopic (exact) mass is 340 g/mol. The molecule has 0 heterocycles. The fraction of sp³-hybridized carbons (Fsp3) is 0.130. The third kappa shape index (κ3) is 3.36. The fourth-order valence-electron chi connectivity index (χ4n) is 3.31. The largest absolute Gasteiger partial charge is 0.368 e. The Kier molecular flexibility index (Phi) is 4.86. The first-order valence-electron chi connectivity index (χ1n) is 8.47. The normalized spacial score (nSPS) is 12.9. The number of fused-ring (bicyclic) bond motifs is 1. The standard InChI is InChI=1S/C23H20N2O/c1-17(20-13-7-11-19-10-5-6-12-21(19)20)14-23(16-24,22(25)26)15-18-8-3-2-4-9-18/h2-13H,1,14-15H2,(H2,25,26). The first kappa shape index (κ1) is 17.4. The molecule has 0 aromatic heterocycles. The minimum Gasteiger partial charge on any atom is -0.368 e. The molecule has 3 aromatic rings. The van der Waals surface area contributed by atoms with Gasteiger partial charge in [-0.25, -0.2) is 0 Å². The maximum Gasteiger partial charge on any atom is 0.238 e. The summed E-state index contributed by atoms with van der Waals surface area (Å²) in [5, 5.41) is 12.0. The van der Waals surface area contributed by atoms with Gasteiger partial charge in [0.15, 0.2) is 0 Å². The number of nitrogens with two attached hydrogens (primary N) is 1. The van der Waals surface area contributed by atoms with Gasteiger partial charge in [-0.15, -0.1) is 0 Å². The zero-order chi connectivity index (χ0) is 18.6. The van der Waals surface area contributed by atoms with E-state index >= 15 is 0 Å². The lowest BCUT2D eigenvalue weighted by Gasteiger charge is -2.25. The highest BCUT2D eigenvalue weighted by Gasteiger charge is 2.38. The Labute approximate surface area is 153 Å². The van der Waals surface area contributed by atoms with Crippen molar-refractivity contribution in [3.63, 3.8) is 0 Å². The van der Waals surface area contributed by atoms with E-state index in [1.54, 1.807) is 0 Å². The quantitative estimate of drug-likeness (QED) is 0.719. The van der Waals surface area contributed by atoms with E-state index < -0.39 is 11.3 Å². The number of nitriles is 1. The fourth-order valence-corrected chi connectivity index (χ4v) is 3.31. The van der Waals surface area contributed by atoms with Crippen molar-refractivity contribution in [3.05, 3.63) is 90.5 Å². The van der Waals surface area contributed by atoms with E-state index in [-0.39, 0.29) is 12.8 Å². The van der Waals surface area contributed by atoms with Crippen molar-refractivity contribution in [1.29, 1.82) is 5.26 Å². The topological polar surface area (TPSA) is 66.9 Å². The van der Waals surface area contributed by atoms with Gasteiger partial charge < -0.3 is 5.73 Å². The highest BCUT2D eigenvalue weighted by molar-refractivity contribution is 5.95. The van der Waals surface area contributed by atoms with E-state index in [1.165, 1.54) is 0 Å². The SMILES string of the molecule is C=C(CC(C#N)(Cc1ccccc1)C(N)=O)c1cccc2ccccc12. The van der Waals surface area contributed by atoms with Gasteiger partial charge in [0.2, 0.25) is 5.91 Å². The zero-order valence-corrected chi connectivity index (χ0v) is 14.5. The van der Waals surface area contributed by atoms with Crippen LogP contribution in [0.5, 0.6) is 0 Å². The van der Waals surface area contributed by atoms with Crippen LogP contribution in [0.3, 0.4) is 0 Å². The van der Waals surface area contributed by atoms with E-state index in [2.05, 4.69) is 12.6 Å². The second kappa shape index (κ2) is 7.25. The Morgan fingerprint density at radius 2 is 1.65 bits per heavy atom. The number of hydrogen-bond donors (Lipinski definition) is 1. The predicted molar refractivity (Wildman–Crippen MR) is 105 cm³/mol. The molecule has 3 heteroatoms. The molecule has 3 aromatic carbocycles. The summed E-state index contributed by atoms with van der Waals surface area (Å²) >= 11 is 0. The summed E-state index contributed by atoms with van der Waals surface area (Å²) < 4.78 is 0. The number of carbonyl (C=O) groups excluding carboxylic acids is 1. The first-order valence-corrected chi connectivity index (χ1v) is 8.47. The van der Waals surface area contributed by atoms with Crippen molar-refractivity contribution in [2.75, 3.05) is 0 Å². The van der Waals surface area contributed by atoms with Gasteiger partial charge in [-0.2, -0.15) is 5.26 Å². The summed E-state index contributed by atoms with van der Waals surface area (Å²) in [5.74, 6) is -0.620. The molecule has 1 amide bonds. The van der Waals surface area contributed by atoms with Crippen molar-refractivity contribution in [1.82, 2.24) is 0 Å². The number of hydrogen-bond acceptors (Lipinski definition) is 2. The second-order valence-electron chi connectivity index (χ2n) is 6.53. The van der Waals surface area contributed by atoms with Gasteiger partial charge in [-0.1, -0.05) is 79.4 Å². The number of rotatable bonds is 6. The molecule has 2 N–H and O–H groups in total. The Morgan fingerprint density at radius 1 is 1.00 bits per heavy atom. The molecule has 0 aliphatic carbocycles. The molecule has 3 nitrogen and oxygen atoms in total. The molecule has 0 spiro atoms. The molecule has 3 rings (SSSR count). The van der Waals surface area contributed by atoms with E-state index in [0.717, 1.165) is 27.5 Å². The van der Waals surface area contributed by atoms with Crippen molar-refractivity contribution >= 4 is 22.3 Å². The van der Waals surface area contributed by atoms with Crippen LogP contribution in [0.2, 0.25) is 0 Å². The van der Waals surface area contributed by atoms with E-state index in [9.17, 15) is 10.1 Å². The summed E-state index contributed by atoms with van der Waals surface area (Å²) in [6.07, 6.45) is 0.463. The summed E-state index contributed by atoms with van der Waals surface area (Å²) in [6.45, 7) is 4.17. The predicted octanol–water partition coefficient (Wildman–Crippen LogP) is 4.48. The molecule has 0 saturated carbocycles. The van der Waals surface area contributed by atoms with E-state index in [0.29, 0.717) is 0 Å². The van der Waals surface area contributed by atoms with Crippen molar-refractivity contribution < 1.29 is 4.79 Å². The molecule has 0 aliphatic rings. The summed E-state index contributed by atoms with van der Waals surface area (Å²) in [4.78, 5) is 12.2. The number of carbonyl (C=O) groups is 1. The molecule has 1 atom stereocenters. The lowest BCUT2D eigenvalue weighted by molar-refractivity contribution is -0.124. The van der Waals surface area contributed by atoms with Crippen molar-refractivity contribution in [3.8, 4) is 6.07 Å². The Bertz CT molecular complexity index is 996. The molecule has 0 fully saturated rings. The van der Waals surface area contributed by atoms with E-state index in [4.69, 9.17) is 5.73 Å². The van der Waals surface area contributed by atoms with Crippen LogP contribution < -0.4 is 5.73 Å². The average molecular weight is 340 g/mol. The van der Waals surface area contributed by atoms with Gasteiger partial charge in [0, 0.05) is 12.8 Å². The van der Waals surface area contributed by atoms with E-state index in [1.807, 2.05) is 72.8 Å². The van der Waals surface area contributed by atoms with Gasteiger partial charge in [0.1, 0.15) is 5.41 Å². The summed E-state index contributed by atoms with van der Waals surface area (Å²) in [6, 6.07) is 25.6. The molecule has 128 valence electrons. The lowest BCUT2D eigenvalue weighted by atomic mass is 9.75. The number of allylic oxidation sites excluding steroid dienone is 1. The molecular weight excluding hydrogens is 320 g/mol. The van der Waals surface area contributed by atoms with Gasteiger partial charge in [0.05, 0.1) is 6.07 Å². The number of primary amides is 1. The highest BCUT2D eigenvalue weighted by Crippen LogP contribution is 2.35. The highest BCUT2D eigenvalue weighted by atomic mass is 16.1. The Morgan fingerprint density at radius 3 is 2.35 bits per heavy atom. The second-order valence-corrected chi connectivity index (χ2v) is 6.53. The lowest BCUT2D eigenvalue weighted by Crippen LogP contribution is -2.38. The zero-order valence-electron chi connectivity index (χ0n) is 14.5. The van der Waals surface area contributed by atoms with Gasteiger partial charge in [-0.3, -0.25) is 4.79 Å². The van der Waals surface area contributed by atoms with Crippen LogP contribution in [0.4, 0.5) is 0 Å². The van der Waals surface area contributed by atoms with Crippen molar-refractivity contribution in [2.24, 2.45) is 11.1 Å². The number of benzene rings is 3. The third-order valence-electron chi connectivity index (χ3n) is 4.72. The smallest absolute Gasteiger partial charge is 0.238 e. The number of nitrogens with zero attached hydrogens (tertiary/aromatic N) is 1. The summed E-state index contributed by atoms with van der Waals surface area (Å²) in [5.41, 5.74) is 6.92. The molecule has 0 radical (unpaired) electrons. The average Bonchev–Trinajstić information content (AvgIpc) is 2.67. The van der Waals surface area contributed by atoms with Crippen LogP contribution in [-0.4, -0.2) is 5.91 Å². The molecule has 0 saturated heterocycles.